The Labute approximate surface area is 140 Å². The molecule has 22 heavy (non-hydrogen) atoms. The molecule has 0 aliphatic heterocycles. The average Bonchev–Trinajstić information content (AvgIpc) is 2.51. The molecule has 1 fully saturated rings. The summed E-state index contributed by atoms with van der Waals surface area (Å²) < 4.78 is 0. The molecular weight excluding hydrogens is 319 g/mol. The number of hydrogen-bond donors (Lipinski definition) is 1. The van der Waals surface area contributed by atoms with Crippen LogP contribution in [0, 0.1) is 17.2 Å². The van der Waals surface area contributed by atoms with Crippen LogP contribution in [0.25, 0.3) is 6.08 Å². The molecule has 1 aliphatic rings. The number of benzene rings is 1. The van der Waals surface area contributed by atoms with Crippen LogP contribution >= 0.6 is 23.2 Å². The lowest BCUT2D eigenvalue weighted by molar-refractivity contribution is -0.118. The minimum absolute atomic E-state index is 0.0435. The lowest BCUT2D eigenvalue weighted by Gasteiger charge is -2.29. The van der Waals surface area contributed by atoms with Crippen LogP contribution in [-0.4, -0.2) is 11.9 Å². The van der Waals surface area contributed by atoms with Gasteiger partial charge in [-0.1, -0.05) is 55.1 Å². The Balaban J connectivity index is 2.17. The van der Waals surface area contributed by atoms with Gasteiger partial charge in [-0.05, 0) is 36.5 Å². The molecule has 5 heteroatoms. The molecule has 3 nitrogen and oxygen atoms in total. The molecule has 1 amide bonds. The molecule has 0 radical (unpaired) electrons. The molecule has 1 aromatic rings. The Bertz CT molecular complexity index is 634. The van der Waals surface area contributed by atoms with Crippen LogP contribution in [0.2, 0.25) is 10.0 Å². The fourth-order valence-corrected chi connectivity index (χ4v) is 3.08. The van der Waals surface area contributed by atoms with Crippen molar-refractivity contribution in [3.8, 4) is 6.07 Å². The van der Waals surface area contributed by atoms with E-state index in [1.807, 2.05) is 6.07 Å². The first-order chi connectivity index (χ1) is 10.5. The van der Waals surface area contributed by atoms with Gasteiger partial charge in [0.05, 0.1) is 10.0 Å². The van der Waals surface area contributed by atoms with Crippen LogP contribution in [0.15, 0.2) is 23.8 Å². The minimum Gasteiger partial charge on any atom is -0.348 e. The van der Waals surface area contributed by atoms with Crippen molar-refractivity contribution in [3.05, 3.63) is 39.4 Å². The van der Waals surface area contributed by atoms with Gasteiger partial charge >= 0.3 is 0 Å². The maximum absolute atomic E-state index is 12.3. The predicted octanol–water partition coefficient (Wildman–Crippen LogP) is 4.60. The molecule has 0 saturated heterocycles. The molecule has 1 saturated carbocycles. The molecule has 2 rings (SSSR count). The van der Waals surface area contributed by atoms with Crippen LogP contribution < -0.4 is 5.32 Å². The first-order valence-corrected chi connectivity index (χ1v) is 8.15. The van der Waals surface area contributed by atoms with Gasteiger partial charge in [-0.2, -0.15) is 5.26 Å². The highest BCUT2D eigenvalue weighted by atomic mass is 35.5. The van der Waals surface area contributed by atoms with Gasteiger partial charge in [0, 0.05) is 6.04 Å². The monoisotopic (exact) mass is 336 g/mol. The summed E-state index contributed by atoms with van der Waals surface area (Å²) in [6.07, 6.45) is 5.87. The van der Waals surface area contributed by atoms with E-state index in [0.717, 1.165) is 19.3 Å². The molecule has 2 atom stereocenters. The summed E-state index contributed by atoms with van der Waals surface area (Å²) in [5.41, 5.74) is 0.611. The van der Waals surface area contributed by atoms with Crippen LogP contribution in [0.5, 0.6) is 0 Å². The topological polar surface area (TPSA) is 52.9 Å². The number of nitrogens with zero attached hydrogens (tertiary/aromatic N) is 1. The zero-order valence-electron chi connectivity index (χ0n) is 12.4. The second kappa shape index (κ2) is 7.67. The average molecular weight is 337 g/mol. The molecule has 116 valence electrons. The van der Waals surface area contributed by atoms with Crippen molar-refractivity contribution in [1.29, 1.82) is 5.26 Å². The van der Waals surface area contributed by atoms with E-state index >= 15 is 0 Å². The number of carbonyl (C=O) groups excluding carboxylic acids is 1. The summed E-state index contributed by atoms with van der Waals surface area (Å²) in [5.74, 6) is 0.0877. The Kier molecular flexibility index (Phi) is 5.88. The van der Waals surface area contributed by atoms with E-state index in [-0.39, 0.29) is 17.5 Å². The summed E-state index contributed by atoms with van der Waals surface area (Å²) in [6, 6.07) is 7.20. The zero-order chi connectivity index (χ0) is 16.1. The Hall–Kier alpha value is -1.50. The molecule has 0 aromatic heterocycles. The first kappa shape index (κ1) is 16.9. The third-order valence-electron chi connectivity index (χ3n) is 4.07. The molecular formula is C17H18Cl2N2O. The predicted molar refractivity (Wildman–Crippen MR) is 89.6 cm³/mol. The van der Waals surface area contributed by atoms with Gasteiger partial charge in [-0.15, -0.1) is 0 Å². The number of rotatable bonds is 3. The second-order valence-corrected chi connectivity index (χ2v) is 6.44. The molecule has 0 bridgehead atoms. The van der Waals surface area contributed by atoms with E-state index in [1.54, 1.807) is 18.2 Å². The standard InChI is InChI=1S/C17H18Cl2N2O/c1-11-5-2-3-8-15(11)21-17(22)13(10-20)9-12-6-4-7-14(18)16(12)19/h4,6-7,9,11,15H,2-3,5,8H2,1H3,(H,21,22)/b13-9+/t11-,15+/m1/s1. The highest BCUT2D eigenvalue weighted by Gasteiger charge is 2.24. The first-order valence-electron chi connectivity index (χ1n) is 7.39. The van der Waals surface area contributed by atoms with Crippen LogP contribution in [0.4, 0.5) is 0 Å². The van der Waals surface area contributed by atoms with E-state index in [9.17, 15) is 10.1 Å². The third kappa shape index (κ3) is 4.03. The van der Waals surface area contributed by atoms with E-state index in [2.05, 4.69) is 12.2 Å². The number of amides is 1. The van der Waals surface area contributed by atoms with Gasteiger partial charge in [-0.25, -0.2) is 0 Å². The van der Waals surface area contributed by atoms with Crippen molar-refractivity contribution >= 4 is 35.2 Å². The highest BCUT2D eigenvalue weighted by Crippen LogP contribution is 2.27. The van der Waals surface area contributed by atoms with Crippen LogP contribution in [0.1, 0.15) is 38.2 Å². The summed E-state index contributed by atoms with van der Waals surface area (Å²) in [7, 11) is 0. The smallest absolute Gasteiger partial charge is 0.262 e. The fourth-order valence-electron chi connectivity index (χ4n) is 2.71. The van der Waals surface area contributed by atoms with Crippen molar-refractivity contribution in [2.24, 2.45) is 5.92 Å². The Morgan fingerprint density at radius 2 is 2.09 bits per heavy atom. The summed E-state index contributed by atoms with van der Waals surface area (Å²) in [4.78, 5) is 12.3. The maximum Gasteiger partial charge on any atom is 0.262 e. The lowest BCUT2D eigenvalue weighted by Crippen LogP contribution is -2.41. The van der Waals surface area contributed by atoms with Gasteiger partial charge in [-0.3, -0.25) is 4.79 Å². The molecule has 1 aliphatic carbocycles. The second-order valence-electron chi connectivity index (χ2n) is 5.65. The number of halogens is 2. The zero-order valence-corrected chi connectivity index (χ0v) is 13.9. The van der Waals surface area contributed by atoms with Crippen molar-refractivity contribution < 1.29 is 4.79 Å². The van der Waals surface area contributed by atoms with E-state index in [4.69, 9.17) is 23.2 Å². The minimum atomic E-state index is -0.350. The Morgan fingerprint density at radius 3 is 2.77 bits per heavy atom. The van der Waals surface area contributed by atoms with E-state index in [1.165, 1.54) is 12.5 Å². The number of nitrogens with one attached hydrogen (secondary N) is 1. The number of nitriles is 1. The third-order valence-corrected chi connectivity index (χ3v) is 4.91. The van der Waals surface area contributed by atoms with Crippen molar-refractivity contribution in [2.75, 3.05) is 0 Å². The van der Waals surface area contributed by atoms with Crippen molar-refractivity contribution in [3.63, 3.8) is 0 Å². The molecule has 0 heterocycles. The highest BCUT2D eigenvalue weighted by molar-refractivity contribution is 6.43. The molecule has 1 N–H and O–H groups in total. The quantitative estimate of drug-likeness (QED) is 0.648. The van der Waals surface area contributed by atoms with Crippen molar-refractivity contribution in [2.45, 2.75) is 38.6 Å². The maximum atomic E-state index is 12.3. The number of hydrogen-bond acceptors (Lipinski definition) is 2. The van der Waals surface area contributed by atoms with Crippen molar-refractivity contribution in [1.82, 2.24) is 5.32 Å². The fraction of sp³-hybridized carbons (Fsp3) is 0.412. The van der Waals surface area contributed by atoms with Gasteiger partial charge in [0.25, 0.3) is 5.91 Å². The SMILES string of the molecule is C[C@@H]1CCCC[C@@H]1NC(=O)/C(C#N)=C/c1cccc(Cl)c1Cl. The summed E-state index contributed by atoms with van der Waals surface area (Å²) >= 11 is 12.0. The molecule has 0 spiro atoms. The lowest BCUT2D eigenvalue weighted by atomic mass is 9.86. The number of carbonyl (C=O) groups is 1. The van der Waals surface area contributed by atoms with Gasteiger partial charge < -0.3 is 5.32 Å². The van der Waals surface area contributed by atoms with Gasteiger partial charge in [0.1, 0.15) is 11.6 Å². The van der Waals surface area contributed by atoms with E-state index in [0.29, 0.717) is 21.5 Å². The Morgan fingerprint density at radius 1 is 1.36 bits per heavy atom. The molecule has 0 unspecified atom stereocenters. The molecule has 1 aromatic carbocycles. The van der Waals surface area contributed by atoms with Gasteiger partial charge in [0.2, 0.25) is 0 Å². The summed E-state index contributed by atoms with van der Waals surface area (Å²) in [5, 5.41) is 13.0. The largest absolute Gasteiger partial charge is 0.348 e. The normalized spacial score (nSPS) is 22.0. The van der Waals surface area contributed by atoms with Gasteiger partial charge in [0.15, 0.2) is 0 Å². The van der Waals surface area contributed by atoms with Crippen LogP contribution in [-0.2, 0) is 4.79 Å². The summed E-state index contributed by atoms with van der Waals surface area (Å²) in [6.45, 7) is 2.13. The van der Waals surface area contributed by atoms with Crippen LogP contribution in [0.3, 0.4) is 0 Å². The van der Waals surface area contributed by atoms with E-state index < -0.39 is 0 Å².